The molecule has 0 saturated heterocycles. The van der Waals surface area contributed by atoms with Crippen LogP contribution in [0.1, 0.15) is 28.4 Å². The van der Waals surface area contributed by atoms with Gasteiger partial charge in [-0.1, -0.05) is 12.1 Å². The summed E-state index contributed by atoms with van der Waals surface area (Å²) in [6, 6.07) is 13.6. The van der Waals surface area contributed by atoms with E-state index >= 15 is 0 Å². The first-order valence-electron chi connectivity index (χ1n) is 11.4. The van der Waals surface area contributed by atoms with E-state index in [4.69, 9.17) is 19.2 Å². The van der Waals surface area contributed by atoms with Crippen LogP contribution in [-0.2, 0) is 29.1 Å². The molecule has 1 N–H and O–H groups in total. The van der Waals surface area contributed by atoms with Gasteiger partial charge in [-0.3, -0.25) is 4.79 Å². The van der Waals surface area contributed by atoms with Gasteiger partial charge in [-0.15, -0.1) is 0 Å². The standard InChI is InChI=1S/C27H20N2O6/c1-33-15-4-2-13(3-5-15)23-17-10-22-14(6-7-34-22)8-20(17)28-24-18(23)11-29-21(24)9-16-19(26(29)31)12-35-27(32)25(16)30/h2-5,8-10,25,30H,6-7,11-12H2,1H3. The van der Waals surface area contributed by atoms with E-state index in [0.29, 0.717) is 35.7 Å². The molecule has 1 unspecified atom stereocenters. The lowest BCUT2D eigenvalue weighted by atomic mass is 9.93. The zero-order valence-electron chi connectivity index (χ0n) is 18.8. The van der Waals surface area contributed by atoms with Crippen molar-refractivity contribution in [2.24, 2.45) is 0 Å². The number of aliphatic hydroxyl groups excluding tert-OH is 1. The van der Waals surface area contributed by atoms with E-state index in [1.165, 1.54) is 0 Å². The Bertz CT molecular complexity index is 1640. The first-order chi connectivity index (χ1) is 17.0. The predicted molar refractivity (Wildman–Crippen MR) is 126 cm³/mol. The fourth-order valence-corrected chi connectivity index (χ4v) is 5.38. The van der Waals surface area contributed by atoms with E-state index in [1.807, 2.05) is 30.3 Å². The van der Waals surface area contributed by atoms with Crippen molar-refractivity contribution in [1.82, 2.24) is 9.55 Å². The number of aromatic nitrogens is 2. The molecule has 0 spiro atoms. The van der Waals surface area contributed by atoms with Crippen molar-refractivity contribution in [2.75, 3.05) is 13.7 Å². The summed E-state index contributed by atoms with van der Waals surface area (Å²) in [4.78, 5) is 30.4. The SMILES string of the molecule is COc1ccc(-c2c3c(nc4cc5c(cc24)OCC5)-c2cc4c(c(=O)n2C3)COC(=O)C4O)cc1. The van der Waals surface area contributed by atoms with E-state index < -0.39 is 12.1 Å². The van der Waals surface area contributed by atoms with Gasteiger partial charge in [0.25, 0.3) is 5.56 Å². The zero-order valence-corrected chi connectivity index (χ0v) is 18.8. The molecule has 2 aromatic carbocycles. The van der Waals surface area contributed by atoms with Crippen LogP contribution in [0, 0.1) is 0 Å². The number of rotatable bonds is 2. The summed E-state index contributed by atoms with van der Waals surface area (Å²) in [5.41, 5.74) is 6.33. The number of pyridine rings is 2. The Labute approximate surface area is 199 Å². The lowest BCUT2D eigenvalue weighted by Crippen LogP contribution is -2.32. The third-order valence-corrected chi connectivity index (χ3v) is 7.15. The number of benzene rings is 2. The van der Waals surface area contributed by atoms with Crippen LogP contribution in [0.3, 0.4) is 0 Å². The number of methoxy groups -OCH3 is 1. The molecule has 7 rings (SSSR count). The number of cyclic esters (lactones) is 1. The van der Waals surface area contributed by atoms with E-state index in [2.05, 4.69) is 6.07 Å². The van der Waals surface area contributed by atoms with E-state index in [0.717, 1.165) is 51.1 Å². The van der Waals surface area contributed by atoms with Crippen LogP contribution >= 0.6 is 0 Å². The Morgan fingerprint density at radius 3 is 2.71 bits per heavy atom. The van der Waals surface area contributed by atoms with Gasteiger partial charge < -0.3 is 23.9 Å². The minimum atomic E-state index is -1.48. The molecule has 35 heavy (non-hydrogen) atoms. The number of ether oxygens (including phenoxy) is 3. The second-order valence-corrected chi connectivity index (χ2v) is 8.98. The molecule has 0 bridgehead atoms. The number of fused-ring (bicyclic) bond motifs is 6. The maximum atomic E-state index is 13.4. The molecular formula is C27H20N2O6. The van der Waals surface area contributed by atoms with E-state index in [1.54, 1.807) is 17.7 Å². The van der Waals surface area contributed by atoms with Crippen molar-refractivity contribution in [3.8, 4) is 34.0 Å². The fraction of sp³-hybridized carbons (Fsp3) is 0.222. The Balaban J connectivity index is 1.54. The third kappa shape index (κ3) is 2.80. The number of nitrogens with zero attached hydrogens (tertiary/aromatic N) is 2. The summed E-state index contributed by atoms with van der Waals surface area (Å²) in [6.07, 6.45) is -0.664. The van der Waals surface area contributed by atoms with Gasteiger partial charge in [0.05, 0.1) is 42.7 Å². The molecule has 1 atom stereocenters. The molecule has 0 radical (unpaired) electrons. The lowest BCUT2D eigenvalue weighted by Gasteiger charge is -2.21. The smallest absolute Gasteiger partial charge is 0.340 e. The van der Waals surface area contributed by atoms with Crippen molar-refractivity contribution in [2.45, 2.75) is 25.7 Å². The number of carbonyl (C=O) groups is 1. The molecule has 0 amide bonds. The predicted octanol–water partition coefficient (Wildman–Crippen LogP) is 3.13. The Hall–Kier alpha value is -4.17. The Morgan fingerprint density at radius 1 is 1.09 bits per heavy atom. The topological polar surface area (TPSA) is 99.9 Å². The van der Waals surface area contributed by atoms with E-state index in [-0.39, 0.29) is 12.2 Å². The molecule has 5 heterocycles. The molecule has 3 aliphatic heterocycles. The lowest BCUT2D eigenvalue weighted by molar-refractivity contribution is -0.157. The third-order valence-electron chi connectivity index (χ3n) is 7.15. The van der Waals surface area contributed by atoms with Crippen LogP contribution in [0.25, 0.3) is 33.4 Å². The highest BCUT2D eigenvalue weighted by Gasteiger charge is 2.35. The highest BCUT2D eigenvalue weighted by Crippen LogP contribution is 2.44. The van der Waals surface area contributed by atoms with Gasteiger partial charge >= 0.3 is 5.97 Å². The van der Waals surface area contributed by atoms with Crippen LogP contribution < -0.4 is 15.0 Å². The van der Waals surface area contributed by atoms with Crippen molar-refractivity contribution in [3.63, 3.8) is 0 Å². The van der Waals surface area contributed by atoms with Gasteiger partial charge in [0, 0.05) is 22.9 Å². The molecule has 4 aromatic rings. The van der Waals surface area contributed by atoms with Crippen LogP contribution in [0.2, 0.25) is 0 Å². The summed E-state index contributed by atoms with van der Waals surface area (Å²) in [5.74, 6) is 0.857. The molecular weight excluding hydrogens is 448 g/mol. The Morgan fingerprint density at radius 2 is 1.91 bits per heavy atom. The van der Waals surface area contributed by atoms with Gasteiger partial charge in [-0.05, 0) is 47.0 Å². The van der Waals surface area contributed by atoms with Crippen molar-refractivity contribution >= 4 is 16.9 Å². The normalized spacial score (nSPS) is 17.3. The van der Waals surface area contributed by atoms with Gasteiger partial charge in [0.2, 0.25) is 0 Å². The number of aliphatic hydroxyl groups is 1. The van der Waals surface area contributed by atoms with Crippen molar-refractivity contribution in [3.05, 3.63) is 75.1 Å². The number of carbonyl (C=O) groups excluding carboxylic acids is 1. The highest BCUT2D eigenvalue weighted by atomic mass is 16.5. The summed E-state index contributed by atoms with van der Waals surface area (Å²) in [7, 11) is 1.63. The molecule has 0 aliphatic carbocycles. The van der Waals surface area contributed by atoms with Gasteiger partial charge in [-0.2, -0.15) is 0 Å². The number of hydrogen-bond acceptors (Lipinski definition) is 7. The molecule has 2 aromatic heterocycles. The second-order valence-electron chi connectivity index (χ2n) is 8.98. The molecule has 8 nitrogen and oxygen atoms in total. The Kier molecular flexibility index (Phi) is 4.14. The molecule has 3 aliphatic rings. The summed E-state index contributed by atoms with van der Waals surface area (Å²) in [6.45, 7) is 0.816. The number of esters is 1. The van der Waals surface area contributed by atoms with Crippen LogP contribution in [0.4, 0.5) is 0 Å². The minimum absolute atomic E-state index is 0.147. The highest BCUT2D eigenvalue weighted by molar-refractivity contribution is 6.01. The largest absolute Gasteiger partial charge is 0.497 e. The summed E-state index contributed by atoms with van der Waals surface area (Å²) in [5, 5.41) is 11.4. The van der Waals surface area contributed by atoms with Gasteiger partial charge in [0.1, 0.15) is 18.1 Å². The summed E-state index contributed by atoms with van der Waals surface area (Å²) < 4.78 is 17.9. The zero-order chi connectivity index (χ0) is 23.8. The fourth-order valence-electron chi connectivity index (χ4n) is 5.38. The molecule has 174 valence electrons. The van der Waals surface area contributed by atoms with Gasteiger partial charge in [0.15, 0.2) is 6.10 Å². The molecule has 8 heteroatoms. The maximum Gasteiger partial charge on any atom is 0.340 e. The van der Waals surface area contributed by atoms with Crippen molar-refractivity contribution in [1.29, 1.82) is 0 Å². The average Bonchev–Trinajstić information content (AvgIpc) is 3.48. The molecule has 0 fully saturated rings. The molecule has 0 saturated carbocycles. The first kappa shape index (κ1) is 20.2. The second kappa shape index (κ2) is 7.16. The van der Waals surface area contributed by atoms with Crippen molar-refractivity contribution < 1.29 is 24.1 Å². The van der Waals surface area contributed by atoms with Crippen LogP contribution in [-0.4, -0.2) is 34.3 Å². The quantitative estimate of drug-likeness (QED) is 0.398. The van der Waals surface area contributed by atoms with Crippen LogP contribution in [0.15, 0.2) is 47.3 Å². The van der Waals surface area contributed by atoms with E-state index in [9.17, 15) is 14.7 Å². The number of hydrogen-bond donors (Lipinski definition) is 1. The van der Waals surface area contributed by atoms with Gasteiger partial charge in [-0.25, -0.2) is 9.78 Å². The van der Waals surface area contributed by atoms with Crippen LogP contribution in [0.5, 0.6) is 11.5 Å². The summed E-state index contributed by atoms with van der Waals surface area (Å²) >= 11 is 0. The monoisotopic (exact) mass is 468 g/mol. The maximum absolute atomic E-state index is 13.4. The average molecular weight is 468 g/mol. The first-order valence-corrected chi connectivity index (χ1v) is 11.4. The minimum Gasteiger partial charge on any atom is -0.497 e.